The van der Waals surface area contributed by atoms with Gasteiger partial charge in [0.25, 0.3) is 0 Å². The van der Waals surface area contributed by atoms with Crippen LogP contribution in [0.1, 0.15) is 26.7 Å². The first-order chi connectivity index (χ1) is 5.73. The molecule has 0 spiro atoms. The summed E-state index contributed by atoms with van der Waals surface area (Å²) in [6, 6.07) is 0. The summed E-state index contributed by atoms with van der Waals surface area (Å²) >= 11 is 11.8. The summed E-state index contributed by atoms with van der Waals surface area (Å²) in [5.41, 5.74) is -0.522. The van der Waals surface area contributed by atoms with Crippen molar-refractivity contribution < 1.29 is 0 Å². The summed E-state index contributed by atoms with van der Waals surface area (Å²) in [5, 5.41) is 0.185. The fraction of sp³-hybridized carbons (Fsp3) is 0.636. The van der Waals surface area contributed by atoms with Crippen LogP contribution in [0, 0.1) is 32.1 Å². The zero-order chi connectivity index (χ0) is 10.6. The van der Waals surface area contributed by atoms with Gasteiger partial charge in [-0.3, -0.25) is 0 Å². The normalized spacial score (nSPS) is 17.5. The van der Waals surface area contributed by atoms with Crippen molar-refractivity contribution in [2.75, 3.05) is 0 Å². The maximum atomic E-state index is 5.91. The predicted molar refractivity (Wildman–Crippen MR) is 61.6 cm³/mol. The molecule has 0 aromatic rings. The van der Waals surface area contributed by atoms with E-state index in [1.807, 2.05) is 13.8 Å². The van der Waals surface area contributed by atoms with Crippen LogP contribution in [0.15, 0.2) is 0 Å². The molecule has 0 saturated heterocycles. The molecule has 0 N–H and O–H groups in total. The highest BCUT2D eigenvalue weighted by atomic mass is 35.5. The van der Waals surface area contributed by atoms with Crippen LogP contribution < -0.4 is 0 Å². The second-order valence-electron chi connectivity index (χ2n) is 3.85. The second kappa shape index (κ2) is 5.46. The molecule has 0 aliphatic carbocycles. The number of hydrogen-bond donors (Lipinski definition) is 0. The van der Waals surface area contributed by atoms with E-state index in [2.05, 4.69) is 20.8 Å². The molecule has 0 rings (SSSR count). The SMILES string of the molecule is [CH2]C([CH2])([CH2])[C](CC(C)Cl)CC(C)Cl. The Kier molecular flexibility index (Phi) is 5.70. The van der Waals surface area contributed by atoms with Crippen molar-refractivity contribution in [1.82, 2.24) is 0 Å². The van der Waals surface area contributed by atoms with E-state index in [1.54, 1.807) is 0 Å². The Labute approximate surface area is 93.0 Å². The molecule has 0 amide bonds. The highest BCUT2D eigenvalue weighted by molar-refractivity contribution is 6.21. The standard InChI is InChI=1S/C11H18Cl2/c1-8(12)6-10(7-9(2)13)11(3,4)5/h8-9H,3-7H2,1-2H3. The molecule has 0 aliphatic heterocycles. The van der Waals surface area contributed by atoms with E-state index >= 15 is 0 Å². The lowest BCUT2D eigenvalue weighted by Crippen LogP contribution is -2.23. The number of rotatable bonds is 5. The van der Waals surface area contributed by atoms with Crippen LogP contribution in [0.25, 0.3) is 0 Å². The van der Waals surface area contributed by atoms with Crippen molar-refractivity contribution in [1.29, 1.82) is 0 Å². The quantitative estimate of drug-likeness (QED) is 0.613. The van der Waals surface area contributed by atoms with Gasteiger partial charge in [-0.05, 0) is 58.8 Å². The molecule has 2 heteroatoms. The largest absolute Gasteiger partial charge is 0.123 e. The molecular formula is C11H18Cl2. The minimum Gasteiger partial charge on any atom is -0.123 e. The van der Waals surface area contributed by atoms with Gasteiger partial charge in [0.2, 0.25) is 0 Å². The lowest BCUT2D eigenvalue weighted by atomic mass is 9.75. The predicted octanol–water partition coefficient (Wildman–Crippen LogP) is 4.08. The van der Waals surface area contributed by atoms with Crippen molar-refractivity contribution in [2.45, 2.75) is 37.4 Å². The van der Waals surface area contributed by atoms with Gasteiger partial charge < -0.3 is 0 Å². The van der Waals surface area contributed by atoms with Gasteiger partial charge in [0.1, 0.15) is 0 Å². The van der Waals surface area contributed by atoms with Crippen molar-refractivity contribution >= 4 is 23.2 Å². The number of halogens is 2. The van der Waals surface area contributed by atoms with E-state index in [4.69, 9.17) is 23.2 Å². The summed E-state index contributed by atoms with van der Waals surface area (Å²) in [4.78, 5) is 0. The third-order valence-electron chi connectivity index (χ3n) is 1.81. The molecule has 0 saturated carbocycles. The molecule has 0 aromatic heterocycles. The fourth-order valence-corrected chi connectivity index (χ4v) is 1.57. The van der Waals surface area contributed by atoms with Gasteiger partial charge in [0, 0.05) is 10.8 Å². The van der Waals surface area contributed by atoms with Crippen molar-refractivity contribution in [2.24, 2.45) is 5.41 Å². The van der Waals surface area contributed by atoms with Gasteiger partial charge in [-0.1, -0.05) is 0 Å². The van der Waals surface area contributed by atoms with Gasteiger partial charge in [0.05, 0.1) is 0 Å². The summed E-state index contributed by atoms with van der Waals surface area (Å²) in [7, 11) is 0. The average Bonchev–Trinajstić information content (AvgIpc) is 1.81. The third kappa shape index (κ3) is 6.62. The summed E-state index contributed by atoms with van der Waals surface area (Å²) < 4.78 is 0. The van der Waals surface area contributed by atoms with Crippen molar-refractivity contribution in [3.8, 4) is 0 Å². The molecule has 2 unspecified atom stereocenters. The number of hydrogen-bond acceptors (Lipinski definition) is 0. The van der Waals surface area contributed by atoms with Gasteiger partial charge in [-0.25, -0.2) is 0 Å². The van der Waals surface area contributed by atoms with Gasteiger partial charge >= 0.3 is 0 Å². The van der Waals surface area contributed by atoms with E-state index in [9.17, 15) is 0 Å². The number of alkyl halides is 2. The molecular weight excluding hydrogens is 203 g/mol. The van der Waals surface area contributed by atoms with Crippen molar-refractivity contribution in [3.05, 3.63) is 26.7 Å². The maximum Gasteiger partial charge on any atom is 0.0313 e. The zero-order valence-electron chi connectivity index (χ0n) is 8.45. The minimum atomic E-state index is -0.522. The fourth-order valence-electron chi connectivity index (χ4n) is 1.20. The Morgan fingerprint density at radius 2 is 1.38 bits per heavy atom. The Morgan fingerprint density at radius 3 is 1.54 bits per heavy atom. The highest BCUT2D eigenvalue weighted by Gasteiger charge is 2.27. The van der Waals surface area contributed by atoms with Crippen LogP contribution in [-0.4, -0.2) is 10.8 Å². The van der Waals surface area contributed by atoms with E-state index < -0.39 is 5.41 Å². The topological polar surface area (TPSA) is 0 Å². The molecule has 2 atom stereocenters. The molecule has 0 bridgehead atoms. The molecule has 0 heterocycles. The lowest BCUT2D eigenvalue weighted by Gasteiger charge is -2.31. The maximum absolute atomic E-state index is 5.91. The van der Waals surface area contributed by atoms with Crippen molar-refractivity contribution in [3.63, 3.8) is 0 Å². The van der Waals surface area contributed by atoms with Crippen LogP contribution in [0.5, 0.6) is 0 Å². The van der Waals surface area contributed by atoms with Crippen LogP contribution in [0.4, 0.5) is 0 Å². The molecule has 76 valence electrons. The Bertz CT molecular complexity index is 124. The van der Waals surface area contributed by atoms with Crippen LogP contribution in [-0.2, 0) is 0 Å². The van der Waals surface area contributed by atoms with Gasteiger partial charge in [-0.2, -0.15) is 0 Å². The molecule has 0 fully saturated rings. The Balaban J connectivity index is 4.20. The first-order valence-corrected chi connectivity index (χ1v) is 5.30. The smallest absolute Gasteiger partial charge is 0.0313 e. The lowest BCUT2D eigenvalue weighted by molar-refractivity contribution is 0.517. The summed E-state index contributed by atoms with van der Waals surface area (Å²) in [6.45, 7) is 15.6. The molecule has 0 aliphatic rings. The Morgan fingerprint density at radius 1 is 1.08 bits per heavy atom. The van der Waals surface area contributed by atoms with E-state index in [-0.39, 0.29) is 10.8 Å². The monoisotopic (exact) mass is 220 g/mol. The van der Waals surface area contributed by atoms with Crippen LogP contribution >= 0.6 is 23.2 Å². The molecule has 13 heavy (non-hydrogen) atoms. The zero-order valence-corrected chi connectivity index (χ0v) is 9.96. The summed E-state index contributed by atoms with van der Waals surface area (Å²) in [5.74, 6) is 1.14. The minimum absolute atomic E-state index is 0.0926. The summed E-state index contributed by atoms with van der Waals surface area (Å²) in [6.07, 6.45) is 1.57. The van der Waals surface area contributed by atoms with E-state index in [0.29, 0.717) is 0 Å². The van der Waals surface area contributed by atoms with Crippen LogP contribution in [0.2, 0.25) is 0 Å². The molecule has 0 nitrogen and oxygen atoms in total. The van der Waals surface area contributed by atoms with Gasteiger partial charge in [-0.15, -0.1) is 23.2 Å². The average molecular weight is 221 g/mol. The first kappa shape index (κ1) is 13.6. The van der Waals surface area contributed by atoms with Crippen LogP contribution in [0.3, 0.4) is 0 Å². The third-order valence-corrected chi connectivity index (χ3v) is 2.11. The highest BCUT2D eigenvalue weighted by Crippen LogP contribution is 2.36. The second-order valence-corrected chi connectivity index (χ2v) is 5.34. The van der Waals surface area contributed by atoms with E-state index in [1.165, 1.54) is 0 Å². The first-order valence-electron chi connectivity index (χ1n) is 4.43. The molecule has 4 radical (unpaired) electrons. The molecule has 0 aromatic carbocycles. The van der Waals surface area contributed by atoms with E-state index in [0.717, 1.165) is 18.8 Å². The Hall–Kier alpha value is 0.580. The van der Waals surface area contributed by atoms with Gasteiger partial charge in [0.15, 0.2) is 0 Å².